The zero-order valence-electron chi connectivity index (χ0n) is 17.0. The van der Waals surface area contributed by atoms with Gasteiger partial charge < -0.3 is 9.47 Å². The molecule has 0 aliphatic carbocycles. The summed E-state index contributed by atoms with van der Waals surface area (Å²) in [5, 5.41) is 0. The standard InChI is InChI=1S/C12H15NO.C11H13NO/c1-12(2,9-14-4)10-6-5-7-11(8-10)13-3;1-11(2,13-4)9-6-5-7-10(8-9)12-3/h5-8H,9H2,1-2,4H3;5-8H,1-2,4H3. The summed E-state index contributed by atoms with van der Waals surface area (Å²) < 4.78 is 10.5. The molecule has 0 radical (unpaired) electrons. The fourth-order valence-electron chi connectivity index (χ4n) is 2.51. The lowest BCUT2D eigenvalue weighted by atomic mass is 9.85. The Bertz CT molecular complexity index is 827. The van der Waals surface area contributed by atoms with Gasteiger partial charge in [-0.1, -0.05) is 67.9 Å². The van der Waals surface area contributed by atoms with Gasteiger partial charge in [0.25, 0.3) is 0 Å². The first-order valence-corrected chi connectivity index (χ1v) is 8.70. The molecule has 0 bridgehead atoms. The average Bonchev–Trinajstić information content (AvgIpc) is 2.68. The van der Waals surface area contributed by atoms with Crippen molar-refractivity contribution in [2.24, 2.45) is 0 Å². The van der Waals surface area contributed by atoms with E-state index in [4.69, 9.17) is 22.6 Å². The molecular weight excluding hydrogens is 336 g/mol. The topological polar surface area (TPSA) is 27.2 Å². The van der Waals surface area contributed by atoms with E-state index in [0.717, 1.165) is 11.1 Å². The van der Waals surface area contributed by atoms with Crippen LogP contribution in [0.3, 0.4) is 0 Å². The maximum absolute atomic E-state index is 6.94. The maximum Gasteiger partial charge on any atom is 0.187 e. The predicted octanol–water partition coefficient (Wildman–Crippen LogP) is 6.28. The third kappa shape index (κ3) is 6.53. The minimum absolute atomic E-state index is 0.0323. The summed E-state index contributed by atoms with van der Waals surface area (Å²) in [6, 6.07) is 15.2. The third-order valence-corrected chi connectivity index (χ3v) is 4.44. The monoisotopic (exact) mass is 364 g/mol. The van der Waals surface area contributed by atoms with Crippen LogP contribution in [-0.2, 0) is 20.5 Å². The molecule has 4 nitrogen and oxygen atoms in total. The highest BCUT2D eigenvalue weighted by atomic mass is 16.5. The molecule has 0 heterocycles. The Kier molecular flexibility index (Phi) is 8.19. The second-order valence-electron chi connectivity index (χ2n) is 7.36. The Morgan fingerprint density at radius 3 is 1.74 bits per heavy atom. The maximum atomic E-state index is 6.94. The number of benzene rings is 2. The van der Waals surface area contributed by atoms with Gasteiger partial charge in [-0.25, -0.2) is 9.69 Å². The smallest absolute Gasteiger partial charge is 0.187 e. The molecule has 0 N–H and O–H groups in total. The van der Waals surface area contributed by atoms with Crippen LogP contribution in [0.4, 0.5) is 11.4 Å². The van der Waals surface area contributed by atoms with Gasteiger partial charge in [0, 0.05) is 19.6 Å². The highest BCUT2D eigenvalue weighted by molar-refractivity contribution is 5.48. The summed E-state index contributed by atoms with van der Waals surface area (Å²) in [7, 11) is 3.37. The first-order valence-electron chi connectivity index (χ1n) is 8.70. The Morgan fingerprint density at radius 1 is 0.815 bits per heavy atom. The van der Waals surface area contributed by atoms with E-state index in [0.29, 0.717) is 18.0 Å². The largest absolute Gasteiger partial charge is 0.384 e. The van der Waals surface area contributed by atoms with Crippen molar-refractivity contribution >= 4 is 11.4 Å². The number of methoxy groups -OCH3 is 2. The number of ether oxygens (including phenoxy) is 2. The van der Waals surface area contributed by atoms with E-state index in [2.05, 4.69) is 23.5 Å². The molecule has 4 heteroatoms. The van der Waals surface area contributed by atoms with Crippen LogP contribution in [0.1, 0.15) is 38.8 Å². The predicted molar refractivity (Wildman–Crippen MR) is 110 cm³/mol. The van der Waals surface area contributed by atoms with Crippen LogP contribution in [0, 0.1) is 13.1 Å². The van der Waals surface area contributed by atoms with Crippen LogP contribution in [0.25, 0.3) is 9.69 Å². The molecule has 27 heavy (non-hydrogen) atoms. The van der Waals surface area contributed by atoms with Crippen molar-refractivity contribution in [2.45, 2.75) is 38.7 Å². The number of hydrogen-bond donors (Lipinski definition) is 0. The summed E-state index contributed by atoms with van der Waals surface area (Å²) in [5.74, 6) is 0. The van der Waals surface area contributed by atoms with Crippen molar-refractivity contribution in [1.29, 1.82) is 0 Å². The Labute approximate surface area is 163 Å². The summed E-state index contributed by atoms with van der Waals surface area (Å²) in [6.07, 6.45) is 0. The molecule has 0 saturated carbocycles. The van der Waals surface area contributed by atoms with Gasteiger partial charge in [-0.05, 0) is 19.4 Å². The lowest BCUT2D eigenvalue weighted by Gasteiger charge is -2.24. The zero-order valence-corrected chi connectivity index (χ0v) is 17.0. The van der Waals surface area contributed by atoms with Gasteiger partial charge >= 0.3 is 0 Å². The van der Waals surface area contributed by atoms with E-state index in [-0.39, 0.29) is 11.0 Å². The van der Waals surface area contributed by atoms with Crippen LogP contribution in [0.5, 0.6) is 0 Å². The summed E-state index contributed by atoms with van der Waals surface area (Å²) in [4.78, 5) is 6.79. The van der Waals surface area contributed by atoms with Crippen LogP contribution < -0.4 is 0 Å². The Morgan fingerprint density at radius 2 is 1.30 bits per heavy atom. The first-order chi connectivity index (χ1) is 12.7. The van der Waals surface area contributed by atoms with Crippen LogP contribution in [0.15, 0.2) is 48.5 Å². The molecule has 0 amide bonds. The Hall–Kier alpha value is -2.66. The molecule has 0 aliphatic rings. The number of nitrogens with zero attached hydrogens (tertiary/aromatic N) is 2. The van der Waals surface area contributed by atoms with E-state index in [9.17, 15) is 0 Å². The fourth-order valence-corrected chi connectivity index (χ4v) is 2.51. The van der Waals surface area contributed by atoms with Crippen molar-refractivity contribution in [1.82, 2.24) is 0 Å². The van der Waals surface area contributed by atoms with Crippen molar-refractivity contribution in [2.75, 3.05) is 20.8 Å². The summed E-state index contributed by atoms with van der Waals surface area (Å²) in [5.41, 5.74) is 3.17. The average molecular weight is 364 g/mol. The van der Waals surface area contributed by atoms with E-state index in [1.165, 1.54) is 0 Å². The van der Waals surface area contributed by atoms with E-state index in [1.807, 2.05) is 56.3 Å². The van der Waals surface area contributed by atoms with Crippen molar-refractivity contribution < 1.29 is 9.47 Å². The lowest BCUT2D eigenvalue weighted by molar-refractivity contribution is 0.0193. The minimum Gasteiger partial charge on any atom is -0.384 e. The molecule has 2 aromatic carbocycles. The number of hydrogen-bond acceptors (Lipinski definition) is 2. The lowest BCUT2D eigenvalue weighted by Crippen LogP contribution is -2.23. The van der Waals surface area contributed by atoms with Crippen LogP contribution in [0.2, 0.25) is 0 Å². The van der Waals surface area contributed by atoms with E-state index < -0.39 is 0 Å². The Balaban J connectivity index is 0.000000271. The van der Waals surface area contributed by atoms with Crippen molar-refractivity contribution in [3.8, 4) is 0 Å². The summed E-state index contributed by atoms with van der Waals surface area (Å²) in [6.45, 7) is 22.7. The minimum atomic E-state index is -0.319. The summed E-state index contributed by atoms with van der Waals surface area (Å²) >= 11 is 0. The van der Waals surface area contributed by atoms with E-state index in [1.54, 1.807) is 20.3 Å². The SMILES string of the molecule is [C-]#[N+]c1cccc(C(C)(C)COC)c1.[C-]#[N+]c1cccc(C(C)(C)OC)c1. The van der Waals surface area contributed by atoms with Crippen molar-refractivity contribution in [3.05, 3.63) is 82.5 Å². The molecule has 0 aliphatic heterocycles. The van der Waals surface area contributed by atoms with Gasteiger partial charge in [-0.3, -0.25) is 0 Å². The molecule has 2 aromatic rings. The quantitative estimate of drug-likeness (QED) is 0.584. The molecule has 0 atom stereocenters. The second kappa shape index (κ2) is 9.88. The second-order valence-corrected chi connectivity index (χ2v) is 7.36. The fraction of sp³-hybridized carbons (Fsp3) is 0.391. The molecule has 142 valence electrons. The molecule has 0 spiro atoms. The molecule has 0 saturated heterocycles. The van der Waals surface area contributed by atoms with E-state index >= 15 is 0 Å². The van der Waals surface area contributed by atoms with Gasteiger partial charge in [0.15, 0.2) is 11.4 Å². The van der Waals surface area contributed by atoms with Gasteiger partial charge in [0.1, 0.15) is 0 Å². The van der Waals surface area contributed by atoms with Crippen molar-refractivity contribution in [3.63, 3.8) is 0 Å². The highest BCUT2D eigenvalue weighted by Gasteiger charge is 2.20. The highest BCUT2D eigenvalue weighted by Crippen LogP contribution is 2.27. The van der Waals surface area contributed by atoms with Gasteiger partial charge in [-0.2, -0.15) is 0 Å². The first kappa shape index (κ1) is 22.4. The molecular formula is C23H28N2O2. The third-order valence-electron chi connectivity index (χ3n) is 4.44. The van der Waals surface area contributed by atoms with Gasteiger partial charge in [-0.15, -0.1) is 0 Å². The molecule has 0 unspecified atom stereocenters. The normalized spacial score (nSPS) is 11.0. The van der Waals surface area contributed by atoms with Gasteiger partial charge in [0.05, 0.1) is 25.4 Å². The molecule has 0 fully saturated rings. The van der Waals surface area contributed by atoms with Crippen LogP contribution >= 0.6 is 0 Å². The zero-order chi connectivity index (χ0) is 20.5. The number of rotatable bonds is 5. The van der Waals surface area contributed by atoms with Gasteiger partial charge in [0.2, 0.25) is 0 Å². The molecule has 2 rings (SSSR count). The molecule has 0 aromatic heterocycles. The van der Waals surface area contributed by atoms with Crippen LogP contribution in [-0.4, -0.2) is 20.8 Å².